The van der Waals surface area contributed by atoms with Crippen molar-refractivity contribution in [1.29, 1.82) is 0 Å². The normalized spacial score (nSPS) is 11.2. The number of amides is 3. The van der Waals surface area contributed by atoms with Crippen molar-refractivity contribution in [3.05, 3.63) is 59.7 Å². The second-order valence-corrected chi connectivity index (χ2v) is 7.88. The van der Waals surface area contributed by atoms with Gasteiger partial charge in [-0.15, -0.1) is 11.8 Å². The number of esters is 1. The number of rotatable bonds is 9. The molecule has 31 heavy (non-hydrogen) atoms. The predicted molar refractivity (Wildman–Crippen MR) is 118 cm³/mol. The Labute approximate surface area is 184 Å². The molecule has 9 heteroatoms. The van der Waals surface area contributed by atoms with E-state index < -0.39 is 29.6 Å². The number of para-hydroxylation sites is 1. The molecule has 1 atom stereocenters. The van der Waals surface area contributed by atoms with Crippen LogP contribution in [0.1, 0.15) is 22.8 Å². The first kappa shape index (κ1) is 23.9. The van der Waals surface area contributed by atoms with Gasteiger partial charge in [0.15, 0.2) is 6.61 Å². The molecule has 0 aromatic heterocycles. The summed E-state index contributed by atoms with van der Waals surface area (Å²) in [6, 6.07) is 13.8. The number of hydrogen-bond acceptors (Lipinski definition) is 7. The lowest BCUT2D eigenvalue weighted by Gasteiger charge is -2.12. The number of hydrogen-bond donors (Lipinski definition) is 2. The first-order chi connectivity index (χ1) is 14.8. The summed E-state index contributed by atoms with van der Waals surface area (Å²) in [7, 11) is 1.41. The third-order valence-corrected chi connectivity index (χ3v) is 5.20. The molecule has 2 rings (SSSR count). The van der Waals surface area contributed by atoms with Gasteiger partial charge in [-0.05, 0) is 38.1 Å². The third kappa shape index (κ3) is 7.78. The molecule has 0 heterocycles. The van der Waals surface area contributed by atoms with Crippen molar-refractivity contribution >= 4 is 41.1 Å². The van der Waals surface area contributed by atoms with E-state index in [1.54, 1.807) is 37.3 Å². The highest BCUT2D eigenvalue weighted by molar-refractivity contribution is 8.01. The number of carbonyl (C=O) groups is 4. The van der Waals surface area contributed by atoms with Gasteiger partial charge in [-0.3, -0.25) is 24.5 Å². The molecule has 0 radical (unpaired) electrons. The zero-order valence-electron chi connectivity index (χ0n) is 17.5. The number of ether oxygens (including phenoxy) is 2. The predicted octanol–water partition coefficient (Wildman–Crippen LogP) is 2.56. The Balaban J connectivity index is 1.73. The minimum absolute atomic E-state index is 0.0443. The van der Waals surface area contributed by atoms with E-state index in [0.29, 0.717) is 11.4 Å². The molecule has 0 unspecified atom stereocenters. The molecule has 0 fully saturated rings. The molecule has 0 spiro atoms. The van der Waals surface area contributed by atoms with Crippen LogP contribution in [-0.4, -0.2) is 48.4 Å². The van der Waals surface area contributed by atoms with Gasteiger partial charge >= 0.3 is 5.97 Å². The van der Waals surface area contributed by atoms with Gasteiger partial charge in [0.1, 0.15) is 11.0 Å². The van der Waals surface area contributed by atoms with Crippen molar-refractivity contribution in [3.8, 4) is 5.75 Å². The Hall–Kier alpha value is -3.33. The smallest absolute Gasteiger partial charge is 0.319 e. The number of carbonyl (C=O) groups excluding carboxylic acids is 4. The fourth-order valence-corrected chi connectivity index (χ4v) is 3.10. The van der Waals surface area contributed by atoms with Crippen LogP contribution in [0.3, 0.4) is 0 Å². The van der Waals surface area contributed by atoms with Crippen LogP contribution < -0.4 is 15.4 Å². The monoisotopic (exact) mass is 444 g/mol. The van der Waals surface area contributed by atoms with Crippen molar-refractivity contribution in [2.45, 2.75) is 19.1 Å². The molecule has 0 aliphatic carbocycles. The third-order valence-electron chi connectivity index (χ3n) is 4.08. The summed E-state index contributed by atoms with van der Waals surface area (Å²) in [6.07, 6.45) is 0. The number of nitrogens with one attached hydrogen (secondary N) is 2. The van der Waals surface area contributed by atoms with E-state index in [-0.39, 0.29) is 17.2 Å². The van der Waals surface area contributed by atoms with Gasteiger partial charge < -0.3 is 14.8 Å². The minimum atomic E-state index is -0.765. The summed E-state index contributed by atoms with van der Waals surface area (Å²) in [5.41, 5.74) is 1.94. The molecule has 164 valence electrons. The molecule has 0 saturated carbocycles. The quantitative estimate of drug-likeness (QED) is 0.572. The average Bonchev–Trinajstić information content (AvgIpc) is 2.77. The van der Waals surface area contributed by atoms with Crippen LogP contribution in [0.2, 0.25) is 0 Å². The van der Waals surface area contributed by atoms with E-state index in [1.165, 1.54) is 13.2 Å². The van der Waals surface area contributed by atoms with Crippen molar-refractivity contribution in [3.63, 3.8) is 0 Å². The van der Waals surface area contributed by atoms with Crippen molar-refractivity contribution in [2.24, 2.45) is 0 Å². The SMILES string of the molecule is COc1ccccc1C(=O)NC(=O)COC(=O)[C@H](C)SCC(=O)Nc1ccc(C)cc1. The first-order valence-electron chi connectivity index (χ1n) is 9.42. The van der Waals surface area contributed by atoms with Gasteiger partial charge in [-0.25, -0.2) is 0 Å². The fourth-order valence-electron chi connectivity index (χ4n) is 2.42. The maximum absolute atomic E-state index is 12.2. The summed E-state index contributed by atoms with van der Waals surface area (Å²) in [6.45, 7) is 2.91. The van der Waals surface area contributed by atoms with Crippen LogP contribution in [0.25, 0.3) is 0 Å². The molecule has 8 nitrogen and oxygen atoms in total. The summed E-state index contributed by atoms with van der Waals surface area (Å²) >= 11 is 1.08. The van der Waals surface area contributed by atoms with E-state index in [2.05, 4.69) is 10.6 Å². The van der Waals surface area contributed by atoms with E-state index in [1.807, 2.05) is 19.1 Å². The van der Waals surface area contributed by atoms with Crippen molar-refractivity contribution < 1.29 is 28.7 Å². The Morgan fingerprint density at radius 1 is 1.00 bits per heavy atom. The number of anilines is 1. The molecule has 3 amide bonds. The number of thioether (sulfide) groups is 1. The summed E-state index contributed by atoms with van der Waals surface area (Å²) in [5, 5.41) is 4.21. The van der Waals surface area contributed by atoms with Gasteiger partial charge in [-0.2, -0.15) is 0 Å². The second kappa shape index (κ2) is 11.8. The van der Waals surface area contributed by atoms with Crippen LogP contribution in [0.5, 0.6) is 5.75 Å². The zero-order valence-corrected chi connectivity index (χ0v) is 18.3. The van der Waals surface area contributed by atoms with E-state index >= 15 is 0 Å². The molecule has 2 aromatic carbocycles. The number of benzene rings is 2. The molecule has 0 aliphatic rings. The molecule has 2 N–H and O–H groups in total. The Kier molecular flexibility index (Phi) is 9.08. The Morgan fingerprint density at radius 2 is 1.68 bits per heavy atom. The van der Waals surface area contributed by atoms with E-state index in [9.17, 15) is 19.2 Å². The highest BCUT2D eigenvalue weighted by atomic mass is 32.2. The molecular formula is C22H24N2O6S. The lowest BCUT2D eigenvalue weighted by atomic mass is 10.2. The summed E-state index contributed by atoms with van der Waals surface area (Å²) < 4.78 is 10.0. The van der Waals surface area contributed by atoms with Crippen LogP contribution >= 0.6 is 11.8 Å². The fraction of sp³-hybridized carbons (Fsp3) is 0.273. The number of methoxy groups -OCH3 is 1. The Morgan fingerprint density at radius 3 is 2.35 bits per heavy atom. The highest BCUT2D eigenvalue weighted by Gasteiger charge is 2.20. The van der Waals surface area contributed by atoms with Gasteiger partial charge in [-0.1, -0.05) is 29.8 Å². The van der Waals surface area contributed by atoms with Gasteiger partial charge in [0.25, 0.3) is 11.8 Å². The molecule has 0 saturated heterocycles. The van der Waals surface area contributed by atoms with Gasteiger partial charge in [0.05, 0.1) is 18.4 Å². The lowest BCUT2D eigenvalue weighted by molar-refractivity contribution is -0.147. The zero-order chi connectivity index (χ0) is 22.8. The second-order valence-electron chi connectivity index (χ2n) is 6.55. The number of aryl methyl sites for hydroxylation is 1. The van der Waals surface area contributed by atoms with Crippen LogP contribution in [0, 0.1) is 6.92 Å². The summed E-state index contributed by atoms with van der Waals surface area (Å²) in [5.74, 6) is -1.98. The molecule has 2 aromatic rings. The van der Waals surface area contributed by atoms with E-state index in [0.717, 1.165) is 17.3 Å². The van der Waals surface area contributed by atoms with E-state index in [4.69, 9.17) is 9.47 Å². The standard InChI is InChI=1S/C22H24N2O6S/c1-14-8-10-16(11-9-14)23-20(26)13-31-15(2)22(28)30-12-19(25)24-21(27)17-6-4-5-7-18(17)29-3/h4-11,15H,12-13H2,1-3H3,(H,23,26)(H,24,25,27)/t15-/m0/s1. The molecule has 0 aliphatic heterocycles. The van der Waals surface area contributed by atoms with Crippen molar-refractivity contribution in [2.75, 3.05) is 24.8 Å². The average molecular weight is 445 g/mol. The maximum atomic E-state index is 12.2. The minimum Gasteiger partial charge on any atom is -0.496 e. The van der Waals surface area contributed by atoms with Crippen LogP contribution in [-0.2, 0) is 19.1 Å². The molecular weight excluding hydrogens is 420 g/mol. The Bertz CT molecular complexity index is 945. The highest BCUT2D eigenvalue weighted by Crippen LogP contribution is 2.17. The van der Waals surface area contributed by atoms with Gasteiger partial charge in [0.2, 0.25) is 5.91 Å². The summed E-state index contributed by atoms with van der Waals surface area (Å²) in [4.78, 5) is 48.1. The number of imide groups is 1. The first-order valence-corrected chi connectivity index (χ1v) is 10.5. The van der Waals surface area contributed by atoms with Gasteiger partial charge in [0, 0.05) is 5.69 Å². The largest absolute Gasteiger partial charge is 0.496 e. The van der Waals surface area contributed by atoms with Crippen LogP contribution in [0.15, 0.2) is 48.5 Å². The molecule has 0 bridgehead atoms. The van der Waals surface area contributed by atoms with Crippen molar-refractivity contribution in [1.82, 2.24) is 5.32 Å². The topological polar surface area (TPSA) is 111 Å². The van der Waals surface area contributed by atoms with Crippen LogP contribution in [0.4, 0.5) is 5.69 Å². The lowest BCUT2D eigenvalue weighted by Crippen LogP contribution is -2.35. The maximum Gasteiger partial charge on any atom is 0.319 e.